The number of aliphatic hydroxyl groups is 1. The molecule has 0 saturated heterocycles. The van der Waals surface area contributed by atoms with Crippen molar-refractivity contribution < 1.29 is 29.5 Å². The Morgan fingerprint density at radius 3 is 1.81 bits per heavy atom. The van der Waals surface area contributed by atoms with Crippen molar-refractivity contribution in [3.05, 3.63) is 35.9 Å². The average molecular weight is 400 g/mol. The van der Waals surface area contributed by atoms with Crippen molar-refractivity contribution in [2.45, 2.75) is 13.0 Å². The molecule has 0 aliphatic heterocycles. The Bertz CT molecular complexity index is 710. The van der Waals surface area contributed by atoms with Crippen molar-refractivity contribution in [3.8, 4) is 28.7 Å². The molecule has 2 aromatic carbocycles. The zero-order valence-corrected chi connectivity index (χ0v) is 16.6. The van der Waals surface area contributed by atoms with E-state index in [1.807, 2.05) is 11.8 Å². The predicted molar refractivity (Wildman–Crippen MR) is 106 cm³/mol. The maximum absolute atomic E-state index is 10.5. The van der Waals surface area contributed by atoms with Gasteiger partial charge in [0.2, 0.25) is 5.75 Å². The molecule has 2 aromatic rings. The molecular formula is C19H26ClNO6. The highest BCUT2D eigenvalue weighted by Crippen LogP contribution is 2.41. The van der Waals surface area contributed by atoms with Gasteiger partial charge in [0.05, 0.1) is 27.4 Å². The number of anilines is 1. The molecule has 0 aliphatic rings. The lowest BCUT2D eigenvalue weighted by Gasteiger charge is -2.27. The van der Waals surface area contributed by atoms with Crippen LogP contribution in [-0.2, 0) is 0 Å². The summed E-state index contributed by atoms with van der Waals surface area (Å²) in [5.74, 6) is 1.33. The number of aliphatic hydroxyl groups excluding tert-OH is 1. The minimum atomic E-state index is -0.910. The third-order valence-electron chi connectivity index (χ3n) is 4.10. The first kappa shape index (κ1) is 22.5. The predicted octanol–water partition coefficient (Wildman–Crippen LogP) is 3.11. The number of ether oxygens (including phenoxy) is 3. The molecule has 0 aliphatic carbocycles. The number of nitrogens with zero attached hydrogens (tertiary/aromatic N) is 1. The van der Waals surface area contributed by atoms with Crippen molar-refractivity contribution in [1.82, 2.24) is 0 Å². The van der Waals surface area contributed by atoms with Gasteiger partial charge in [-0.3, -0.25) is 0 Å². The fourth-order valence-electron chi connectivity index (χ4n) is 2.79. The molecule has 0 saturated carbocycles. The van der Waals surface area contributed by atoms with Gasteiger partial charge in [-0.25, -0.2) is 0 Å². The van der Waals surface area contributed by atoms with E-state index in [0.29, 0.717) is 29.4 Å². The molecule has 3 N–H and O–H groups in total. The number of rotatable bonds is 8. The van der Waals surface area contributed by atoms with E-state index in [1.165, 1.54) is 25.3 Å². The Balaban J connectivity index is 0.00000364. The fraction of sp³-hybridized carbons (Fsp3) is 0.368. The number of likely N-dealkylation sites (N-methyl/N-ethyl adjacent to an activating group) is 1. The number of phenols is 2. The minimum Gasteiger partial charge on any atom is -0.508 e. The van der Waals surface area contributed by atoms with Crippen LogP contribution in [0, 0.1) is 0 Å². The van der Waals surface area contributed by atoms with Gasteiger partial charge in [0.1, 0.15) is 11.5 Å². The molecule has 0 spiro atoms. The van der Waals surface area contributed by atoms with Gasteiger partial charge in [0.25, 0.3) is 0 Å². The number of aromatic hydroxyl groups is 2. The molecule has 7 nitrogen and oxygen atoms in total. The summed E-state index contributed by atoms with van der Waals surface area (Å²) in [6, 6.07) is 7.67. The molecule has 0 amide bonds. The van der Waals surface area contributed by atoms with E-state index in [4.69, 9.17) is 14.2 Å². The fourth-order valence-corrected chi connectivity index (χ4v) is 2.79. The van der Waals surface area contributed by atoms with E-state index < -0.39 is 6.10 Å². The normalized spacial score (nSPS) is 11.3. The summed E-state index contributed by atoms with van der Waals surface area (Å²) in [4.78, 5) is 1.93. The van der Waals surface area contributed by atoms with Crippen LogP contribution in [0.15, 0.2) is 30.3 Å². The van der Waals surface area contributed by atoms with Crippen molar-refractivity contribution in [3.63, 3.8) is 0 Å². The van der Waals surface area contributed by atoms with E-state index in [-0.39, 0.29) is 30.5 Å². The van der Waals surface area contributed by atoms with Gasteiger partial charge in [-0.05, 0) is 24.6 Å². The Morgan fingerprint density at radius 1 is 0.889 bits per heavy atom. The van der Waals surface area contributed by atoms with Crippen LogP contribution < -0.4 is 19.1 Å². The average Bonchev–Trinajstić information content (AvgIpc) is 2.63. The second-order valence-corrected chi connectivity index (χ2v) is 5.72. The third-order valence-corrected chi connectivity index (χ3v) is 4.10. The van der Waals surface area contributed by atoms with Crippen LogP contribution in [0.25, 0.3) is 0 Å². The molecule has 0 aromatic heterocycles. The zero-order chi connectivity index (χ0) is 19.3. The maximum Gasteiger partial charge on any atom is 0.203 e. The van der Waals surface area contributed by atoms with Crippen molar-refractivity contribution in [2.24, 2.45) is 0 Å². The number of halogens is 1. The summed E-state index contributed by atoms with van der Waals surface area (Å²) in [5.41, 5.74) is 1.21. The van der Waals surface area contributed by atoms with Crippen LogP contribution in [0.5, 0.6) is 28.7 Å². The van der Waals surface area contributed by atoms with Crippen molar-refractivity contribution >= 4 is 18.1 Å². The number of hydrogen-bond donors (Lipinski definition) is 3. The van der Waals surface area contributed by atoms with Crippen LogP contribution in [0.3, 0.4) is 0 Å². The number of phenolic OH excluding ortho intramolecular Hbond substituents is 2. The van der Waals surface area contributed by atoms with Crippen molar-refractivity contribution in [2.75, 3.05) is 39.3 Å². The molecule has 1 atom stereocenters. The Hall–Kier alpha value is -2.51. The molecular weight excluding hydrogens is 374 g/mol. The van der Waals surface area contributed by atoms with E-state index in [2.05, 4.69) is 0 Å². The first-order chi connectivity index (χ1) is 12.4. The first-order valence-electron chi connectivity index (χ1n) is 8.19. The summed E-state index contributed by atoms with van der Waals surface area (Å²) in [5, 5.41) is 29.8. The van der Waals surface area contributed by atoms with Crippen LogP contribution in [0.4, 0.5) is 5.69 Å². The topological polar surface area (TPSA) is 91.6 Å². The van der Waals surface area contributed by atoms with Gasteiger partial charge in [0, 0.05) is 37.0 Å². The monoisotopic (exact) mass is 399 g/mol. The molecule has 8 heteroatoms. The Morgan fingerprint density at radius 2 is 1.41 bits per heavy atom. The largest absolute Gasteiger partial charge is 0.508 e. The number of methoxy groups -OCH3 is 3. The summed E-state index contributed by atoms with van der Waals surface area (Å²) < 4.78 is 16.1. The molecule has 2 rings (SSSR count). The highest BCUT2D eigenvalue weighted by Gasteiger charge is 2.19. The lowest BCUT2D eigenvalue weighted by molar-refractivity contribution is 0.183. The summed E-state index contributed by atoms with van der Waals surface area (Å²) >= 11 is 0. The maximum atomic E-state index is 10.5. The van der Waals surface area contributed by atoms with Gasteiger partial charge >= 0.3 is 0 Å². The van der Waals surface area contributed by atoms with E-state index in [1.54, 1.807) is 26.4 Å². The number of hydrogen-bond acceptors (Lipinski definition) is 7. The molecule has 150 valence electrons. The Labute approximate surface area is 165 Å². The highest BCUT2D eigenvalue weighted by atomic mass is 35.5. The standard InChI is InChI=1S/C19H25NO6.ClH/c1-5-20(11-16(23)12-6-14(21)10-15(22)7-12)13-8-17(24-2)19(26-4)18(9-13)25-3;/h6-10,16,21-23H,5,11H2,1-4H3;1H/t16-;/m0./s1. The molecule has 27 heavy (non-hydrogen) atoms. The van der Waals surface area contributed by atoms with Crippen molar-refractivity contribution in [1.29, 1.82) is 0 Å². The van der Waals surface area contributed by atoms with E-state index >= 15 is 0 Å². The second-order valence-electron chi connectivity index (χ2n) is 5.72. The van der Waals surface area contributed by atoms with Crippen LogP contribution in [0.1, 0.15) is 18.6 Å². The third kappa shape index (κ3) is 5.24. The number of benzene rings is 2. The van der Waals surface area contributed by atoms with Gasteiger partial charge in [-0.15, -0.1) is 12.4 Å². The molecule has 0 heterocycles. The van der Waals surface area contributed by atoms with Gasteiger partial charge < -0.3 is 34.4 Å². The van der Waals surface area contributed by atoms with Gasteiger partial charge in [-0.1, -0.05) is 0 Å². The lowest BCUT2D eigenvalue weighted by Crippen LogP contribution is -2.28. The van der Waals surface area contributed by atoms with Crippen LogP contribution in [-0.4, -0.2) is 49.7 Å². The van der Waals surface area contributed by atoms with E-state index in [9.17, 15) is 15.3 Å². The summed E-state index contributed by atoms with van der Waals surface area (Å²) in [6.45, 7) is 2.81. The molecule has 0 unspecified atom stereocenters. The zero-order valence-electron chi connectivity index (χ0n) is 15.8. The van der Waals surface area contributed by atoms with Crippen LogP contribution >= 0.6 is 12.4 Å². The molecule has 0 fully saturated rings. The summed E-state index contributed by atoms with van der Waals surface area (Å²) in [7, 11) is 4.62. The van der Waals surface area contributed by atoms with Crippen LogP contribution in [0.2, 0.25) is 0 Å². The van der Waals surface area contributed by atoms with Gasteiger partial charge in [0.15, 0.2) is 11.5 Å². The highest BCUT2D eigenvalue weighted by molar-refractivity contribution is 5.85. The minimum absolute atomic E-state index is 0. The smallest absolute Gasteiger partial charge is 0.203 e. The van der Waals surface area contributed by atoms with Gasteiger partial charge in [-0.2, -0.15) is 0 Å². The quantitative estimate of drug-likeness (QED) is 0.628. The molecule has 0 radical (unpaired) electrons. The van der Waals surface area contributed by atoms with E-state index in [0.717, 1.165) is 5.69 Å². The lowest BCUT2D eigenvalue weighted by atomic mass is 10.1. The second kappa shape index (κ2) is 9.99. The SMILES string of the molecule is CCN(C[C@H](O)c1cc(O)cc(O)c1)c1cc(OC)c(OC)c(OC)c1.Cl. The first-order valence-corrected chi connectivity index (χ1v) is 8.19. The Kier molecular flexibility index (Phi) is 8.33. The molecule has 0 bridgehead atoms. The summed E-state index contributed by atoms with van der Waals surface area (Å²) in [6.07, 6.45) is -0.910.